The van der Waals surface area contributed by atoms with E-state index in [1.807, 2.05) is 13.0 Å². The maximum Gasteiger partial charge on any atom is 0.242 e. The van der Waals surface area contributed by atoms with Crippen LogP contribution in [-0.2, 0) is 14.8 Å². The summed E-state index contributed by atoms with van der Waals surface area (Å²) in [5.74, 6) is 0.539. The highest BCUT2D eigenvalue weighted by Crippen LogP contribution is 2.19. The highest BCUT2D eigenvalue weighted by molar-refractivity contribution is 7.89. The lowest BCUT2D eigenvalue weighted by Crippen LogP contribution is -2.42. The molecule has 0 radical (unpaired) electrons. The number of pyridine rings is 1. The minimum Gasteiger partial charge on any atom is -0.357 e. The van der Waals surface area contributed by atoms with E-state index in [0.29, 0.717) is 12.1 Å². The SMILES string of the molecule is CCCCS(=O)(=O)N[C@H](C)C(=O)Nc1ccc(N2CCCC2)nc1. The number of nitrogens with zero attached hydrogens (tertiary/aromatic N) is 2. The number of rotatable bonds is 8. The first-order valence-electron chi connectivity index (χ1n) is 8.43. The highest BCUT2D eigenvalue weighted by atomic mass is 32.2. The number of hydrogen-bond acceptors (Lipinski definition) is 5. The normalized spacial score (nSPS) is 16.2. The zero-order valence-electron chi connectivity index (χ0n) is 14.3. The van der Waals surface area contributed by atoms with Crippen molar-refractivity contribution in [1.82, 2.24) is 9.71 Å². The maximum atomic E-state index is 12.1. The van der Waals surface area contributed by atoms with Crippen LogP contribution in [0.15, 0.2) is 18.3 Å². The van der Waals surface area contributed by atoms with Gasteiger partial charge in [0.15, 0.2) is 0 Å². The summed E-state index contributed by atoms with van der Waals surface area (Å²) >= 11 is 0. The van der Waals surface area contributed by atoms with Crippen molar-refractivity contribution < 1.29 is 13.2 Å². The first kappa shape index (κ1) is 18.7. The van der Waals surface area contributed by atoms with E-state index in [9.17, 15) is 13.2 Å². The largest absolute Gasteiger partial charge is 0.357 e. The molecule has 134 valence electrons. The average molecular weight is 354 g/mol. The molecule has 0 bridgehead atoms. The molecule has 8 heteroatoms. The molecule has 1 amide bonds. The van der Waals surface area contributed by atoms with E-state index >= 15 is 0 Å². The summed E-state index contributed by atoms with van der Waals surface area (Å²) < 4.78 is 26.1. The molecule has 1 aliphatic heterocycles. The van der Waals surface area contributed by atoms with Crippen molar-refractivity contribution >= 4 is 27.4 Å². The van der Waals surface area contributed by atoms with E-state index in [4.69, 9.17) is 0 Å². The van der Waals surface area contributed by atoms with Crippen LogP contribution in [0.3, 0.4) is 0 Å². The molecule has 0 unspecified atom stereocenters. The van der Waals surface area contributed by atoms with Gasteiger partial charge in [0.1, 0.15) is 5.82 Å². The van der Waals surface area contributed by atoms with Crippen molar-refractivity contribution in [3.63, 3.8) is 0 Å². The Morgan fingerprint density at radius 2 is 2.04 bits per heavy atom. The van der Waals surface area contributed by atoms with Gasteiger partial charge in [-0.3, -0.25) is 4.79 Å². The first-order valence-corrected chi connectivity index (χ1v) is 10.1. The van der Waals surface area contributed by atoms with Crippen LogP contribution in [0.2, 0.25) is 0 Å². The molecular formula is C16H26N4O3S. The molecule has 24 heavy (non-hydrogen) atoms. The van der Waals surface area contributed by atoms with Crippen LogP contribution in [0.5, 0.6) is 0 Å². The van der Waals surface area contributed by atoms with Crippen molar-refractivity contribution in [2.45, 2.75) is 45.6 Å². The zero-order chi connectivity index (χ0) is 17.6. The van der Waals surface area contributed by atoms with Gasteiger partial charge in [-0.1, -0.05) is 13.3 Å². The minimum atomic E-state index is -3.43. The summed E-state index contributed by atoms with van der Waals surface area (Å²) in [4.78, 5) is 18.7. The lowest BCUT2D eigenvalue weighted by atomic mass is 10.3. The van der Waals surface area contributed by atoms with Crippen LogP contribution in [0.4, 0.5) is 11.5 Å². The number of carbonyl (C=O) groups is 1. The number of carbonyl (C=O) groups excluding carboxylic acids is 1. The van der Waals surface area contributed by atoms with Crippen molar-refractivity contribution in [2.75, 3.05) is 29.1 Å². The molecular weight excluding hydrogens is 328 g/mol. The van der Waals surface area contributed by atoms with Gasteiger partial charge in [0, 0.05) is 13.1 Å². The number of nitrogens with one attached hydrogen (secondary N) is 2. The Labute approximate surface area is 143 Å². The number of unbranched alkanes of at least 4 members (excludes halogenated alkanes) is 1. The fraction of sp³-hybridized carbons (Fsp3) is 0.625. The molecule has 7 nitrogen and oxygen atoms in total. The molecule has 1 atom stereocenters. The Morgan fingerprint density at radius 1 is 1.33 bits per heavy atom. The fourth-order valence-electron chi connectivity index (χ4n) is 2.56. The Morgan fingerprint density at radius 3 is 2.62 bits per heavy atom. The molecule has 1 aromatic heterocycles. The van der Waals surface area contributed by atoms with Gasteiger partial charge in [-0.15, -0.1) is 0 Å². The zero-order valence-corrected chi connectivity index (χ0v) is 15.1. The molecule has 1 fully saturated rings. The second-order valence-electron chi connectivity index (χ2n) is 6.10. The van der Waals surface area contributed by atoms with Crippen LogP contribution in [0.1, 0.15) is 39.5 Å². The van der Waals surface area contributed by atoms with Crippen molar-refractivity contribution in [3.05, 3.63) is 18.3 Å². The van der Waals surface area contributed by atoms with Gasteiger partial charge < -0.3 is 10.2 Å². The summed E-state index contributed by atoms with van der Waals surface area (Å²) in [6, 6.07) is 2.83. The van der Waals surface area contributed by atoms with Gasteiger partial charge in [-0.05, 0) is 38.3 Å². The molecule has 1 saturated heterocycles. The average Bonchev–Trinajstić information content (AvgIpc) is 3.07. The van der Waals surface area contributed by atoms with Gasteiger partial charge >= 0.3 is 0 Å². The second kappa shape index (κ2) is 8.43. The Balaban J connectivity index is 1.89. The number of amides is 1. The van der Waals surface area contributed by atoms with E-state index in [1.54, 1.807) is 12.3 Å². The van der Waals surface area contributed by atoms with Gasteiger partial charge in [0.25, 0.3) is 0 Å². The van der Waals surface area contributed by atoms with Crippen molar-refractivity contribution in [2.24, 2.45) is 0 Å². The molecule has 2 rings (SSSR count). The summed E-state index contributed by atoms with van der Waals surface area (Å²) in [6.45, 7) is 5.47. The monoisotopic (exact) mass is 354 g/mol. The Kier molecular flexibility index (Phi) is 6.56. The number of sulfonamides is 1. The lowest BCUT2D eigenvalue weighted by Gasteiger charge is -2.17. The molecule has 2 heterocycles. The molecule has 1 aliphatic rings. The van der Waals surface area contributed by atoms with Crippen LogP contribution in [-0.4, -0.2) is 44.2 Å². The predicted molar refractivity (Wildman–Crippen MR) is 95.6 cm³/mol. The minimum absolute atomic E-state index is 0.0349. The third kappa shape index (κ3) is 5.45. The predicted octanol–water partition coefficient (Wildman–Crippen LogP) is 1.73. The van der Waals surface area contributed by atoms with Gasteiger partial charge in [-0.2, -0.15) is 0 Å². The third-order valence-corrected chi connectivity index (χ3v) is 5.50. The smallest absolute Gasteiger partial charge is 0.242 e. The number of hydrogen-bond donors (Lipinski definition) is 2. The van der Waals surface area contributed by atoms with Gasteiger partial charge in [0.05, 0.1) is 23.7 Å². The summed E-state index contributed by atoms with van der Waals surface area (Å²) in [5, 5.41) is 2.69. The van der Waals surface area contributed by atoms with Crippen molar-refractivity contribution in [3.8, 4) is 0 Å². The second-order valence-corrected chi connectivity index (χ2v) is 7.97. The number of anilines is 2. The summed E-state index contributed by atoms with van der Waals surface area (Å²) in [7, 11) is -3.43. The quantitative estimate of drug-likeness (QED) is 0.742. The van der Waals surface area contributed by atoms with E-state index < -0.39 is 22.0 Å². The van der Waals surface area contributed by atoms with Crippen LogP contribution in [0.25, 0.3) is 0 Å². The first-order chi connectivity index (χ1) is 11.4. The van der Waals surface area contributed by atoms with Gasteiger partial charge in [-0.25, -0.2) is 18.1 Å². The topological polar surface area (TPSA) is 91.4 Å². The number of aromatic nitrogens is 1. The molecule has 0 aliphatic carbocycles. The highest BCUT2D eigenvalue weighted by Gasteiger charge is 2.20. The van der Waals surface area contributed by atoms with E-state index in [1.165, 1.54) is 19.8 Å². The molecule has 0 saturated carbocycles. The Hall–Kier alpha value is -1.67. The fourth-order valence-corrected chi connectivity index (χ4v) is 3.99. The van der Waals surface area contributed by atoms with Crippen LogP contribution >= 0.6 is 0 Å². The Bertz CT molecular complexity index is 640. The molecule has 1 aromatic rings. The van der Waals surface area contributed by atoms with E-state index in [-0.39, 0.29) is 5.75 Å². The van der Waals surface area contributed by atoms with E-state index in [2.05, 4.69) is 19.9 Å². The van der Waals surface area contributed by atoms with Crippen LogP contribution < -0.4 is 14.9 Å². The summed E-state index contributed by atoms with van der Waals surface area (Å²) in [5.41, 5.74) is 0.558. The van der Waals surface area contributed by atoms with Crippen molar-refractivity contribution in [1.29, 1.82) is 0 Å². The molecule has 0 aromatic carbocycles. The maximum absolute atomic E-state index is 12.1. The van der Waals surface area contributed by atoms with E-state index in [0.717, 1.165) is 25.3 Å². The standard InChI is InChI=1S/C16H26N4O3S/c1-3-4-11-24(22,23)19-13(2)16(21)18-14-7-8-15(17-12-14)20-9-5-6-10-20/h7-8,12-13,19H,3-6,9-11H2,1-2H3,(H,18,21)/t13-/m1/s1. The van der Waals surface area contributed by atoms with Crippen LogP contribution in [0, 0.1) is 0 Å². The van der Waals surface area contributed by atoms with Gasteiger partial charge in [0.2, 0.25) is 15.9 Å². The third-order valence-electron chi connectivity index (χ3n) is 3.96. The molecule has 2 N–H and O–H groups in total. The summed E-state index contributed by atoms with van der Waals surface area (Å²) in [6.07, 6.45) is 5.32. The molecule has 0 spiro atoms. The lowest BCUT2D eigenvalue weighted by molar-refractivity contribution is -0.117.